The average molecular weight is 491 g/mol. The summed E-state index contributed by atoms with van der Waals surface area (Å²) in [6.07, 6.45) is 10.6. The smallest absolute Gasteiger partial charge is 0.305 e. The third-order valence-electron chi connectivity index (χ3n) is 11.4. The topological polar surface area (TPSA) is 61.8 Å². The van der Waals surface area contributed by atoms with Gasteiger partial charge in [-0.15, -0.1) is 0 Å². The number of fused-ring (bicyclic) bond motifs is 5. The lowest BCUT2D eigenvalue weighted by molar-refractivity contribution is -0.181. The summed E-state index contributed by atoms with van der Waals surface area (Å²) >= 11 is 0. The fourth-order valence-corrected chi connectivity index (χ4v) is 9.69. The Balaban J connectivity index is 1.53. The van der Waals surface area contributed by atoms with Crippen molar-refractivity contribution in [1.82, 2.24) is 0 Å². The van der Waals surface area contributed by atoms with E-state index in [1.54, 1.807) is 7.11 Å². The van der Waals surface area contributed by atoms with Crippen LogP contribution in [0, 0.1) is 52.3 Å². The van der Waals surface area contributed by atoms with Gasteiger partial charge in [-0.25, -0.2) is 0 Å². The number of carbonyl (C=O) groups is 2. The fraction of sp³-hybridized carbons (Fsp3) is 0.933. The summed E-state index contributed by atoms with van der Waals surface area (Å²) in [5, 5.41) is 0. The van der Waals surface area contributed by atoms with Gasteiger partial charge in [0.05, 0.1) is 12.7 Å². The SMILES string of the molecule is CCOC(=O)CC[C@@H](C)[C@H]1CC[C@H]2[C@@H]3C(=O)C(CC)[C@@H]4C[C@H](OCOC)CC[C@]4(C)[C@H]3CC[C@]12C. The summed E-state index contributed by atoms with van der Waals surface area (Å²) in [4.78, 5) is 26.2. The van der Waals surface area contributed by atoms with Crippen molar-refractivity contribution in [1.29, 1.82) is 0 Å². The number of carbonyl (C=O) groups excluding carboxylic acids is 2. The van der Waals surface area contributed by atoms with Crippen LogP contribution in [-0.4, -0.2) is 38.4 Å². The summed E-state index contributed by atoms with van der Waals surface area (Å²) < 4.78 is 16.4. The van der Waals surface area contributed by atoms with E-state index in [2.05, 4.69) is 27.7 Å². The van der Waals surface area contributed by atoms with E-state index in [-0.39, 0.29) is 34.7 Å². The molecule has 0 aromatic heterocycles. The van der Waals surface area contributed by atoms with Crippen LogP contribution in [0.5, 0.6) is 0 Å². The second kappa shape index (κ2) is 10.8. The first-order valence-electron chi connectivity index (χ1n) is 14.5. The van der Waals surface area contributed by atoms with Crippen LogP contribution in [0.2, 0.25) is 0 Å². The predicted octanol–water partition coefficient (Wildman–Crippen LogP) is 6.43. The molecule has 0 saturated heterocycles. The molecule has 0 bridgehead atoms. The molecule has 0 heterocycles. The van der Waals surface area contributed by atoms with Crippen LogP contribution in [-0.2, 0) is 23.8 Å². The molecular weight excluding hydrogens is 440 g/mol. The number of methoxy groups -OCH3 is 1. The Bertz CT molecular complexity index is 766. The van der Waals surface area contributed by atoms with Gasteiger partial charge in [0.25, 0.3) is 0 Å². The van der Waals surface area contributed by atoms with Gasteiger partial charge in [0, 0.05) is 25.4 Å². The summed E-state index contributed by atoms with van der Waals surface area (Å²) in [5.41, 5.74) is 0.451. The normalized spacial score (nSPS) is 43.7. The van der Waals surface area contributed by atoms with Gasteiger partial charge >= 0.3 is 5.97 Å². The third-order valence-corrected chi connectivity index (χ3v) is 11.4. The molecule has 0 aromatic carbocycles. The maximum Gasteiger partial charge on any atom is 0.305 e. The van der Waals surface area contributed by atoms with Gasteiger partial charge in [-0.2, -0.15) is 0 Å². The Hall–Kier alpha value is -0.940. The van der Waals surface area contributed by atoms with E-state index >= 15 is 0 Å². The van der Waals surface area contributed by atoms with Crippen LogP contribution < -0.4 is 0 Å². The number of Topliss-reactive ketones (excluding diaryl/α,β-unsaturated/α-hetero) is 1. The summed E-state index contributed by atoms with van der Waals surface area (Å²) in [6.45, 7) is 12.2. The highest BCUT2D eigenvalue weighted by Crippen LogP contribution is 2.68. The standard InChI is InChI=1S/C30H50O5/c1-7-21-25-17-20(35-18-33-6)13-15-30(25,5)24-14-16-29(4)22(10-11-23(29)27(24)28(21)32)19(3)9-12-26(31)34-8-2/h19-25,27H,7-18H2,1-6H3/t19-,20-,21?,22-,23+,24+,25+,27+,29-,30-/m1/s1. The van der Waals surface area contributed by atoms with E-state index in [0.29, 0.717) is 55.2 Å². The third kappa shape index (κ3) is 4.74. The molecular formula is C30H50O5. The van der Waals surface area contributed by atoms with E-state index < -0.39 is 0 Å². The van der Waals surface area contributed by atoms with Crippen LogP contribution in [0.1, 0.15) is 98.8 Å². The zero-order valence-electron chi connectivity index (χ0n) is 23.1. The van der Waals surface area contributed by atoms with E-state index in [1.165, 1.54) is 32.1 Å². The quantitative estimate of drug-likeness (QED) is 0.275. The first-order chi connectivity index (χ1) is 16.7. The zero-order chi connectivity index (χ0) is 25.4. The van der Waals surface area contributed by atoms with Crippen LogP contribution in [0.4, 0.5) is 0 Å². The summed E-state index contributed by atoms with van der Waals surface area (Å²) in [7, 11) is 1.68. The number of ketones is 1. The first-order valence-corrected chi connectivity index (χ1v) is 14.5. The molecule has 0 radical (unpaired) electrons. The van der Waals surface area contributed by atoms with Crippen LogP contribution in [0.25, 0.3) is 0 Å². The summed E-state index contributed by atoms with van der Waals surface area (Å²) in [5.74, 6) is 3.42. The molecule has 4 aliphatic rings. The molecule has 200 valence electrons. The summed E-state index contributed by atoms with van der Waals surface area (Å²) in [6, 6.07) is 0. The molecule has 4 aliphatic carbocycles. The van der Waals surface area contributed by atoms with Gasteiger partial charge in [0.2, 0.25) is 0 Å². The Kier molecular flexibility index (Phi) is 8.37. The molecule has 0 amide bonds. The number of ether oxygens (including phenoxy) is 3. The fourth-order valence-electron chi connectivity index (χ4n) is 9.69. The number of hydrogen-bond donors (Lipinski definition) is 0. The lowest BCUT2D eigenvalue weighted by Gasteiger charge is -2.62. The lowest BCUT2D eigenvalue weighted by Crippen LogP contribution is -2.60. The van der Waals surface area contributed by atoms with Gasteiger partial charge in [0.15, 0.2) is 0 Å². The van der Waals surface area contributed by atoms with Crippen molar-refractivity contribution < 1.29 is 23.8 Å². The minimum Gasteiger partial charge on any atom is -0.466 e. The molecule has 0 spiro atoms. The molecule has 35 heavy (non-hydrogen) atoms. The van der Waals surface area contributed by atoms with Gasteiger partial charge < -0.3 is 14.2 Å². The molecule has 5 heteroatoms. The highest BCUT2D eigenvalue weighted by molar-refractivity contribution is 5.86. The van der Waals surface area contributed by atoms with Crippen molar-refractivity contribution in [3.8, 4) is 0 Å². The van der Waals surface area contributed by atoms with Crippen molar-refractivity contribution in [2.75, 3.05) is 20.5 Å². The number of hydrogen-bond acceptors (Lipinski definition) is 5. The minimum atomic E-state index is -0.0694. The Labute approximate surface area is 213 Å². The number of rotatable bonds is 9. The van der Waals surface area contributed by atoms with Crippen molar-refractivity contribution in [2.45, 2.75) is 105 Å². The number of esters is 1. The van der Waals surface area contributed by atoms with Gasteiger partial charge in [-0.3, -0.25) is 9.59 Å². The van der Waals surface area contributed by atoms with Crippen molar-refractivity contribution in [3.05, 3.63) is 0 Å². The van der Waals surface area contributed by atoms with Crippen molar-refractivity contribution in [2.24, 2.45) is 52.3 Å². The molecule has 0 aliphatic heterocycles. The minimum absolute atomic E-state index is 0.0694. The molecule has 1 unspecified atom stereocenters. The maximum atomic E-state index is 14.2. The largest absolute Gasteiger partial charge is 0.466 e. The van der Waals surface area contributed by atoms with Gasteiger partial charge in [0.1, 0.15) is 12.6 Å². The van der Waals surface area contributed by atoms with Crippen molar-refractivity contribution >= 4 is 11.8 Å². The maximum absolute atomic E-state index is 14.2. The monoisotopic (exact) mass is 490 g/mol. The van der Waals surface area contributed by atoms with Gasteiger partial charge in [-0.1, -0.05) is 27.7 Å². The van der Waals surface area contributed by atoms with E-state index in [9.17, 15) is 9.59 Å². The van der Waals surface area contributed by atoms with Crippen molar-refractivity contribution in [3.63, 3.8) is 0 Å². The second-order valence-corrected chi connectivity index (χ2v) is 12.8. The van der Waals surface area contributed by atoms with Crippen LogP contribution in [0.15, 0.2) is 0 Å². The van der Waals surface area contributed by atoms with Crippen LogP contribution in [0.3, 0.4) is 0 Å². The molecule has 4 rings (SSSR count). The lowest BCUT2D eigenvalue weighted by atomic mass is 9.42. The Morgan fingerprint density at radius 1 is 1.03 bits per heavy atom. The molecule has 0 aromatic rings. The molecule has 5 nitrogen and oxygen atoms in total. The highest BCUT2D eigenvalue weighted by atomic mass is 16.7. The Morgan fingerprint density at radius 2 is 1.74 bits per heavy atom. The van der Waals surface area contributed by atoms with E-state index in [0.717, 1.165) is 25.7 Å². The van der Waals surface area contributed by atoms with E-state index in [4.69, 9.17) is 14.2 Å². The second-order valence-electron chi connectivity index (χ2n) is 12.8. The molecule has 0 N–H and O–H groups in total. The molecule has 4 saturated carbocycles. The van der Waals surface area contributed by atoms with Crippen LogP contribution >= 0.6 is 0 Å². The Morgan fingerprint density at radius 3 is 2.43 bits per heavy atom. The zero-order valence-corrected chi connectivity index (χ0v) is 23.1. The highest BCUT2D eigenvalue weighted by Gasteiger charge is 2.65. The van der Waals surface area contributed by atoms with E-state index in [1.807, 2.05) is 6.92 Å². The average Bonchev–Trinajstić information content (AvgIpc) is 3.19. The molecule has 4 fully saturated rings. The predicted molar refractivity (Wildman–Crippen MR) is 137 cm³/mol. The molecule has 10 atom stereocenters. The van der Waals surface area contributed by atoms with Gasteiger partial charge in [-0.05, 0) is 105 Å². The first kappa shape index (κ1) is 27.1.